The number of nitrogens with one attached hydrogen (secondary N) is 1. The molecule has 6 heteroatoms. The van der Waals surface area contributed by atoms with Crippen LogP contribution in [-0.2, 0) is 22.6 Å². The fraction of sp³-hybridized carbons (Fsp3) is 0.364. The molecule has 2 aromatic rings. The Morgan fingerprint density at radius 2 is 1.64 bits per heavy atom. The summed E-state index contributed by atoms with van der Waals surface area (Å²) < 4.78 is 0. The topological polar surface area (TPSA) is 95.7 Å². The second-order valence-corrected chi connectivity index (χ2v) is 7.66. The van der Waals surface area contributed by atoms with Gasteiger partial charge in [0.1, 0.15) is 0 Å². The van der Waals surface area contributed by atoms with Crippen LogP contribution in [0, 0.1) is 5.41 Å². The van der Waals surface area contributed by atoms with E-state index in [2.05, 4.69) is 5.32 Å². The first-order valence-electron chi connectivity index (χ1n) is 9.36. The lowest BCUT2D eigenvalue weighted by Crippen LogP contribution is -2.65. The van der Waals surface area contributed by atoms with Gasteiger partial charge in [0.05, 0.1) is 12.6 Å². The molecule has 0 saturated carbocycles. The van der Waals surface area contributed by atoms with Gasteiger partial charge in [-0.2, -0.15) is 0 Å². The highest BCUT2D eigenvalue weighted by Gasteiger charge is 2.67. The maximum absolute atomic E-state index is 13.2. The second-order valence-electron chi connectivity index (χ2n) is 7.66. The maximum Gasteiger partial charge on any atom is 0.246 e. The van der Waals surface area contributed by atoms with Crippen molar-refractivity contribution in [2.45, 2.75) is 31.5 Å². The van der Waals surface area contributed by atoms with Gasteiger partial charge in [-0.05, 0) is 17.5 Å². The molecule has 4 N–H and O–H groups in total. The Morgan fingerprint density at radius 1 is 1.11 bits per heavy atom. The van der Waals surface area contributed by atoms with Crippen molar-refractivity contribution in [2.75, 3.05) is 13.7 Å². The van der Waals surface area contributed by atoms with Crippen molar-refractivity contribution < 1.29 is 14.7 Å². The van der Waals surface area contributed by atoms with Crippen molar-refractivity contribution in [1.29, 1.82) is 0 Å². The molecular weight excluding hydrogens is 354 g/mol. The lowest BCUT2D eigenvalue weighted by atomic mass is 9.65. The number of carbonyl (C=O) groups is 2. The van der Waals surface area contributed by atoms with Crippen molar-refractivity contribution in [1.82, 2.24) is 10.2 Å². The molecular formula is C22H27N3O3. The molecule has 28 heavy (non-hydrogen) atoms. The SMILES string of the molecule is CN1C(=O)C(NCc2ccccc2)C(C)(Cc2ccccc2)C1(CO)C(N)=O. The van der Waals surface area contributed by atoms with Gasteiger partial charge in [-0.3, -0.25) is 9.59 Å². The number of hydrogen-bond donors (Lipinski definition) is 3. The fourth-order valence-electron chi connectivity index (χ4n) is 4.48. The van der Waals surface area contributed by atoms with Crippen LogP contribution in [0.25, 0.3) is 0 Å². The number of benzene rings is 2. The number of aliphatic hydroxyl groups excluding tert-OH is 1. The van der Waals surface area contributed by atoms with E-state index in [0.717, 1.165) is 11.1 Å². The molecule has 1 aliphatic rings. The van der Waals surface area contributed by atoms with Crippen LogP contribution in [-0.4, -0.2) is 47.1 Å². The molecule has 1 fully saturated rings. The van der Waals surface area contributed by atoms with E-state index in [1.165, 1.54) is 11.9 Å². The van der Waals surface area contributed by atoms with Gasteiger partial charge in [0, 0.05) is 19.0 Å². The van der Waals surface area contributed by atoms with Gasteiger partial charge in [-0.25, -0.2) is 0 Å². The van der Waals surface area contributed by atoms with Gasteiger partial charge in [-0.1, -0.05) is 67.6 Å². The number of hydrogen-bond acceptors (Lipinski definition) is 4. The van der Waals surface area contributed by atoms with Gasteiger partial charge in [0.15, 0.2) is 5.54 Å². The zero-order chi connectivity index (χ0) is 20.4. The van der Waals surface area contributed by atoms with E-state index in [-0.39, 0.29) is 5.91 Å². The molecule has 0 aromatic heterocycles. The minimum Gasteiger partial charge on any atom is -0.393 e. The molecule has 3 unspecified atom stereocenters. The van der Waals surface area contributed by atoms with Crippen LogP contribution >= 0.6 is 0 Å². The molecule has 2 aromatic carbocycles. The number of amides is 2. The number of rotatable bonds is 7. The van der Waals surface area contributed by atoms with E-state index >= 15 is 0 Å². The number of primary amides is 1. The van der Waals surface area contributed by atoms with Gasteiger partial charge in [-0.15, -0.1) is 0 Å². The Morgan fingerprint density at radius 3 is 2.14 bits per heavy atom. The van der Waals surface area contributed by atoms with E-state index < -0.39 is 29.5 Å². The maximum atomic E-state index is 13.2. The minimum atomic E-state index is -1.49. The quantitative estimate of drug-likeness (QED) is 0.669. The summed E-state index contributed by atoms with van der Waals surface area (Å²) in [5.74, 6) is -0.949. The summed E-state index contributed by atoms with van der Waals surface area (Å²) in [6.07, 6.45) is 0.417. The summed E-state index contributed by atoms with van der Waals surface area (Å²) in [5, 5.41) is 13.6. The lowest BCUT2D eigenvalue weighted by molar-refractivity contribution is -0.144. The molecule has 0 spiro atoms. The molecule has 1 aliphatic heterocycles. The summed E-state index contributed by atoms with van der Waals surface area (Å²) in [6, 6.07) is 18.7. The second kappa shape index (κ2) is 7.73. The number of carbonyl (C=O) groups excluding carboxylic acids is 2. The molecule has 1 heterocycles. The molecule has 3 rings (SSSR count). The number of likely N-dealkylation sites (tertiary alicyclic amines) is 1. The van der Waals surface area contributed by atoms with Crippen LogP contribution in [0.5, 0.6) is 0 Å². The molecule has 2 amide bonds. The number of nitrogens with zero attached hydrogens (tertiary/aromatic N) is 1. The Bertz CT molecular complexity index is 843. The molecule has 148 valence electrons. The standard InChI is InChI=1S/C22H27N3O3/c1-21(13-16-9-5-3-6-10-16)18(24-14-17-11-7-4-8-12-17)19(27)25(2)22(21,15-26)20(23)28/h3-12,18,24,26H,13-15H2,1-2H3,(H2,23,28). The minimum absolute atomic E-state index is 0.248. The Hall–Kier alpha value is -2.70. The number of likely N-dealkylation sites (N-methyl/N-ethyl adjacent to an activating group) is 1. The summed E-state index contributed by atoms with van der Waals surface area (Å²) in [7, 11) is 1.54. The van der Waals surface area contributed by atoms with Crippen LogP contribution in [0.15, 0.2) is 60.7 Å². The highest BCUT2D eigenvalue weighted by Crippen LogP contribution is 2.47. The first-order valence-corrected chi connectivity index (χ1v) is 9.36. The number of nitrogens with two attached hydrogens (primary N) is 1. The molecule has 0 radical (unpaired) electrons. The summed E-state index contributed by atoms with van der Waals surface area (Å²) >= 11 is 0. The Labute approximate surface area is 165 Å². The first-order chi connectivity index (χ1) is 13.4. The summed E-state index contributed by atoms with van der Waals surface area (Å²) in [4.78, 5) is 27.1. The summed E-state index contributed by atoms with van der Waals surface area (Å²) in [6.45, 7) is 1.79. The van der Waals surface area contributed by atoms with Crippen molar-refractivity contribution in [2.24, 2.45) is 11.1 Å². The Balaban J connectivity index is 2.02. The molecule has 1 saturated heterocycles. The van der Waals surface area contributed by atoms with Crippen molar-refractivity contribution in [3.8, 4) is 0 Å². The molecule has 3 atom stereocenters. The molecule has 0 aliphatic carbocycles. The van der Waals surface area contributed by atoms with Gasteiger partial charge < -0.3 is 21.1 Å². The van der Waals surface area contributed by atoms with Crippen molar-refractivity contribution in [3.05, 3.63) is 71.8 Å². The van der Waals surface area contributed by atoms with E-state index in [1.54, 1.807) is 0 Å². The van der Waals surface area contributed by atoms with E-state index in [4.69, 9.17) is 5.73 Å². The van der Waals surface area contributed by atoms with Crippen molar-refractivity contribution >= 4 is 11.8 Å². The normalized spacial score (nSPS) is 27.2. The van der Waals surface area contributed by atoms with E-state index in [9.17, 15) is 14.7 Å². The highest BCUT2D eigenvalue weighted by atomic mass is 16.3. The van der Waals surface area contributed by atoms with Crippen LogP contribution in [0.3, 0.4) is 0 Å². The third kappa shape index (κ3) is 3.08. The van der Waals surface area contributed by atoms with Gasteiger partial charge in [0.25, 0.3) is 0 Å². The number of aliphatic hydroxyl groups is 1. The van der Waals surface area contributed by atoms with E-state index in [0.29, 0.717) is 13.0 Å². The largest absolute Gasteiger partial charge is 0.393 e. The zero-order valence-corrected chi connectivity index (χ0v) is 16.3. The van der Waals surface area contributed by atoms with Gasteiger partial charge in [0.2, 0.25) is 11.8 Å². The molecule has 0 bridgehead atoms. The van der Waals surface area contributed by atoms with Crippen LogP contribution < -0.4 is 11.1 Å². The van der Waals surface area contributed by atoms with Crippen LogP contribution in [0.4, 0.5) is 0 Å². The first kappa shape index (κ1) is 20.0. The predicted molar refractivity (Wildman–Crippen MR) is 107 cm³/mol. The Kier molecular flexibility index (Phi) is 5.54. The van der Waals surface area contributed by atoms with E-state index in [1.807, 2.05) is 67.6 Å². The summed E-state index contributed by atoms with van der Waals surface area (Å²) in [5.41, 5.74) is 5.35. The monoisotopic (exact) mass is 381 g/mol. The smallest absolute Gasteiger partial charge is 0.246 e. The van der Waals surface area contributed by atoms with Gasteiger partial charge >= 0.3 is 0 Å². The van der Waals surface area contributed by atoms with Crippen LogP contribution in [0.1, 0.15) is 18.1 Å². The third-order valence-electron chi connectivity index (χ3n) is 6.14. The predicted octanol–water partition coefficient (Wildman–Crippen LogP) is 1.08. The fourth-order valence-corrected chi connectivity index (χ4v) is 4.48. The van der Waals surface area contributed by atoms with Crippen molar-refractivity contribution in [3.63, 3.8) is 0 Å². The third-order valence-corrected chi connectivity index (χ3v) is 6.14. The zero-order valence-electron chi connectivity index (χ0n) is 16.3. The highest BCUT2D eigenvalue weighted by molar-refractivity contribution is 5.98. The molecule has 6 nitrogen and oxygen atoms in total. The average molecular weight is 381 g/mol. The van der Waals surface area contributed by atoms with Crippen LogP contribution in [0.2, 0.25) is 0 Å². The lowest BCUT2D eigenvalue weighted by Gasteiger charge is -2.44. The average Bonchev–Trinajstić information content (AvgIpc) is 2.85.